The largest absolute Gasteiger partial charge is 0.244 e. The SMILES string of the molecule is C=CCN(CC#CCBr)S(=O)(=O)c1ccc(C)cc1. The molecule has 0 N–H and O–H groups in total. The Morgan fingerprint density at radius 3 is 2.47 bits per heavy atom. The standard InChI is InChI=1S/C14H16BrNO2S/c1-3-11-16(12-5-4-10-15)19(17,18)14-8-6-13(2)7-9-14/h3,6-9H,1,10-12H2,2H3. The van der Waals surface area contributed by atoms with Gasteiger partial charge in [-0.05, 0) is 19.1 Å². The van der Waals surface area contributed by atoms with Crippen molar-refractivity contribution in [3.05, 3.63) is 42.5 Å². The molecule has 0 aliphatic rings. The van der Waals surface area contributed by atoms with Crippen molar-refractivity contribution in [2.75, 3.05) is 18.4 Å². The summed E-state index contributed by atoms with van der Waals surface area (Å²) in [5.41, 5.74) is 1.02. The van der Waals surface area contributed by atoms with E-state index in [4.69, 9.17) is 0 Å². The predicted molar refractivity (Wildman–Crippen MR) is 81.7 cm³/mol. The van der Waals surface area contributed by atoms with Gasteiger partial charge in [0.15, 0.2) is 0 Å². The van der Waals surface area contributed by atoms with E-state index in [0.717, 1.165) is 5.56 Å². The normalized spacial score (nSPS) is 10.9. The molecule has 0 atom stereocenters. The molecule has 0 unspecified atom stereocenters. The molecule has 0 heterocycles. The average Bonchev–Trinajstić information content (AvgIpc) is 2.38. The van der Waals surface area contributed by atoms with Gasteiger partial charge in [-0.1, -0.05) is 51.5 Å². The Balaban J connectivity index is 3.04. The van der Waals surface area contributed by atoms with Crippen LogP contribution in [0.4, 0.5) is 0 Å². The number of rotatable bonds is 5. The molecule has 0 aromatic heterocycles. The van der Waals surface area contributed by atoms with Gasteiger partial charge in [-0.15, -0.1) is 6.58 Å². The molecule has 102 valence electrons. The Morgan fingerprint density at radius 1 is 1.32 bits per heavy atom. The fourth-order valence-corrected chi connectivity index (χ4v) is 2.95. The highest BCUT2D eigenvalue weighted by Gasteiger charge is 2.22. The highest BCUT2D eigenvalue weighted by atomic mass is 79.9. The summed E-state index contributed by atoms with van der Waals surface area (Å²) in [5.74, 6) is 5.61. The van der Waals surface area contributed by atoms with E-state index < -0.39 is 10.0 Å². The molecule has 1 rings (SSSR count). The second-order valence-electron chi connectivity index (χ2n) is 3.89. The fourth-order valence-electron chi connectivity index (χ4n) is 1.44. The fraction of sp³-hybridized carbons (Fsp3) is 0.286. The van der Waals surface area contributed by atoms with Gasteiger partial charge < -0.3 is 0 Å². The number of benzene rings is 1. The zero-order valence-corrected chi connectivity index (χ0v) is 13.2. The minimum atomic E-state index is -3.52. The van der Waals surface area contributed by atoms with E-state index in [1.54, 1.807) is 30.3 Å². The van der Waals surface area contributed by atoms with Gasteiger partial charge >= 0.3 is 0 Å². The lowest BCUT2D eigenvalue weighted by Gasteiger charge is -2.18. The molecule has 1 aromatic rings. The Labute approximate surface area is 123 Å². The van der Waals surface area contributed by atoms with E-state index in [0.29, 0.717) is 5.33 Å². The quantitative estimate of drug-likeness (QED) is 0.469. The van der Waals surface area contributed by atoms with Crippen molar-refractivity contribution in [3.63, 3.8) is 0 Å². The van der Waals surface area contributed by atoms with E-state index in [9.17, 15) is 8.42 Å². The van der Waals surface area contributed by atoms with Gasteiger partial charge in [0, 0.05) is 6.54 Å². The first-order valence-electron chi connectivity index (χ1n) is 5.71. The van der Waals surface area contributed by atoms with Crippen molar-refractivity contribution >= 4 is 26.0 Å². The molecule has 0 amide bonds. The Kier molecular flexibility index (Phi) is 6.29. The van der Waals surface area contributed by atoms with Gasteiger partial charge in [-0.2, -0.15) is 4.31 Å². The second-order valence-corrected chi connectivity index (χ2v) is 6.39. The van der Waals surface area contributed by atoms with Gasteiger partial charge in [0.25, 0.3) is 0 Å². The van der Waals surface area contributed by atoms with Crippen LogP contribution in [0.1, 0.15) is 5.56 Å². The number of nitrogens with zero attached hydrogens (tertiary/aromatic N) is 1. The second kappa shape index (κ2) is 7.49. The first-order chi connectivity index (χ1) is 9.02. The van der Waals surface area contributed by atoms with E-state index >= 15 is 0 Å². The van der Waals surface area contributed by atoms with Gasteiger partial charge in [0.2, 0.25) is 10.0 Å². The maximum absolute atomic E-state index is 12.4. The van der Waals surface area contributed by atoms with Gasteiger partial charge in [-0.3, -0.25) is 0 Å². The Hall–Kier alpha value is -1.09. The first-order valence-corrected chi connectivity index (χ1v) is 8.28. The summed E-state index contributed by atoms with van der Waals surface area (Å²) in [6.45, 7) is 5.91. The van der Waals surface area contributed by atoms with Crippen LogP contribution in [0.15, 0.2) is 41.8 Å². The summed E-state index contributed by atoms with van der Waals surface area (Å²) in [6.07, 6.45) is 1.56. The topological polar surface area (TPSA) is 37.4 Å². The van der Waals surface area contributed by atoms with Crippen molar-refractivity contribution < 1.29 is 8.42 Å². The van der Waals surface area contributed by atoms with Crippen molar-refractivity contribution in [2.45, 2.75) is 11.8 Å². The number of hydrogen-bond donors (Lipinski definition) is 0. The van der Waals surface area contributed by atoms with Crippen LogP contribution in [0.2, 0.25) is 0 Å². The summed E-state index contributed by atoms with van der Waals surface area (Å²) < 4.78 is 26.2. The van der Waals surface area contributed by atoms with Crippen molar-refractivity contribution in [1.29, 1.82) is 0 Å². The van der Waals surface area contributed by atoms with E-state index in [2.05, 4.69) is 34.3 Å². The molecule has 0 radical (unpaired) electrons. The van der Waals surface area contributed by atoms with Crippen LogP contribution in [-0.4, -0.2) is 31.1 Å². The molecule has 0 spiro atoms. The highest BCUT2D eigenvalue weighted by molar-refractivity contribution is 9.09. The molecule has 0 saturated carbocycles. The van der Waals surface area contributed by atoms with Crippen molar-refractivity contribution in [2.24, 2.45) is 0 Å². The van der Waals surface area contributed by atoms with Crippen molar-refractivity contribution in [1.82, 2.24) is 4.31 Å². The van der Waals surface area contributed by atoms with Crippen LogP contribution < -0.4 is 0 Å². The summed E-state index contributed by atoms with van der Waals surface area (Å²) in [7, 11) is -3.52. The van der Waals surface area contributed by atoms with E-state index in [1.165, 1.54) is 4.31 Å². The number of halogens is 1. The molecule has 1 aromatic carbocycles. The van der Waals surface area contributed by atoms with Crippen LogP contribution in [-0.2, 0) is 10.0 Å². The summed E-state index contributed by atoms with van der Waals surface area (Å²) in [6, 6.07) is 6.78. The molecular formula is C14H16BrNO2S. The maximum atomic E-state index is 12.4. The van der Waals surface area contributed by atoms with E-state index in [-0.39, 0.29) is 18.0 Å². The van der Waals surface area contributed by atoms with Gasteiger partial charge in [-0.25, -0.2) is 8.42 Å². The smallest absolute Gasteiger partial charge is 0.207 e. The summed E-state index contributed by atoms with van der Waals surface area (Å²) in [4.78, 5) is 0.278. The molecule has 0 bridgehead atoms. The monoisotopic (exact) mass is 341 g/mol. The molecular weight excluding hydrogens is 326 g/mol. The lowest BCUT2D eigenvalue weighted by molar-refractivity contribution is 0.478. The molecule has 3 nitrogen and oxygen atoms in total. The zero-order chi connectivity index (χ0) is 14.3. The number of alkyl halides is 1. The third-order valence-corrected chi connectivity index (χ3v) is 4.54. The van der Waals surface area contributed by atoms with Crippen LogP contribution in [0.25, 0.3) is 0 Å². The van der Waals surface area contributed by atoms with Crippen LogP contribution in [0.5, 0.6) is 0 Å². The molecule has 0 fully saturated rings. The lowest BCUT2D eigenvalue weighted by Crippen LogP contribution is -2.31. The third kappa shape index (κ3) is 4.50. The maximum Gasteiger partial charge on any atom is 0.244 e. The zero-order valence-electron chi connectivity index (χ0n) is 10.8. The van der Waals surface area contributed by atoms with E-state index in [1.807, 2.05) is 6.92 Å². The van der Waals surface area contributed by atoms with Crippen LogP contribution in [0, 0.1) is 18.8 Å². The minimum Gasteiger partial charge on any atom is -0.207 e. The lowest BCUT2D eigenvalue weighted by atomic mass is 10.2. The molecule has 0 aliphatic carbocycles. The number of hydrogen-bond acceptors (Lipinski definition) is 2. The number of sulfonamides is 1. The summed E-state index contributed by atoms with van der Waals surface area (Å²) in [5, 5.41) is 0.527. The van der Waals surface area contributed by atoms with Crippen LogP contribution >= 0.6 is 15.9 Å². The van der Waals surface area contributed by atoms with Gasteiger partial charge in [0.1, 0.15) is 0 Å². The Morgan fingerprint density at radius 2 is 1.95 bits per heavy atom. The molecule has 0 aliphatic heterocycles. The molecule has 5 heteroatoms. The third-order valence-electron chi connectivity index (χ3n) is 2.44. The van der Waals surface area contributed by atoms with Crippen molar-refractivity contribution in [3.8, 4) is 11.8 Å². The predicted octanol–water partition coefficient (Wildman–Crippen LogP) is 2.57. The highest BCUT2D eigenvalue weighted by Crippen LogP contribution is 2.15. The Bertz CT molecular complexity index is 582. The number of aryl methyl sites for hydroxylation is 1. The molecule has 0 saturated heterocycles. The molecule has 19 heavy (non-hydrogen) atoms. The first kappa shape index (κ1) is 16.0. The average molecular weight is 342 g/mol. The summed E-state index contributed by atoms with van der Waals surface area (Å²) >= 11 is 3.18. The minimum absolute atomic E-state index is 0.161. The van der Waals surface area contributed by atoms with Crippen LogP contribution in [0.3, 0.4) is 0 Å². The van der Waals surface area contributed by atoms with Gasteiger partial charge in [0.05, 0.1) is 16.8 Å².